The van der Waals surface area contributed by atoms with E-state index < -0.39 is 0 Å². The van der Waals surface area contributed by atoms with Crippen LogP contribution in [0.1, 0.15) is 40.0 Å². The van der Waals surface area contributed by atoms with E-state index in [2.05, 4.69) is 36.3 Å². The Morgan fingerprint density at radius 1 is 1.00 bits per heavy atom. The molecule has 0 unspecified atom stereocenters. The molecule has 0 atom stereocenters. The summed E-state index contributed by atoms with van der Waals surface area (Å²) in [6, 6.07) is 0. The lowest BCUT2D eigenvalue weighted by atomic mass is 9.91. The predicted octanol–water partition coefficient (Wildman–Crippen LogP) is 1.16. The van der Waals surface area contributed by atoms with E-state index in [0.717, 1.165) is 0 Å². The molecule has 0 radical (unpaired) electrons. The van der Waals surface area contributed by atoms with Crippen LogP contribution in [0.15, 0.2) is 0 Å². The van der Waals surface area contributed by atoms with Crippen LogP contribution in [0.5, 0.6) is 0 Å². The minimum atomic E-state index is 0.264. The van der Waals surface area contributed by atoms with Crippen LogP contribution >= 0.6 is 0 Å². The number of nitrogens with zero attached hydrogens (tertiary/aromatic N) is 1. The molecule has 0 aromatic rings. The van der Waals surface area contributed by atoms with E-state index in [4.69, 9.17) is 0 Å². The van der Waals surface area contributed by atoms with Gasteiger partial charge < -0.3 is 0 Å². The third-order valence-corrected chi connectivity index (χ3v) is 3.85. The quantitative estimate of drug-likeness (QED) is 0.629. The van der Waals surface area contributed by atoms with Gasteiger partial charge in [0.15, 0.2) is 0 Å². The fourth-order valence-corrected chi connectivity index (χ4v) is 2.72. The maximum absolute atomic E-state index is 3.67. The Morgan fingerprint density at radius 3 is 2.00 bits per heavy atom. The maximum atomic E-state index is 3.67. The van der Waals surface area contributed by atoms with Crippen molar-refractivity contribution in [1.82, 2.24) is 15.5 Å². The van der Waals surface area contributed by atoms with Crippen LogP contribution < -0.4 is 10.6 Å². The van der Waals surface area contributed by atoms with Gasteiger partial charge in [0.1, 0.15) is 0 Å². The van der Waals surface area contributed by atoms with E-state index >= 15 is 0 Å². The first-order valence-corrected chi connectivity index (χ1v) is 6.27. The molecule has 0 bridgehead atoms. The summed E-state index contributed by atoms with van der Waals surface area (Å²) >= 11 is 0. The number of piperidine rings is 1. The highest BCUT2D eigenvalue weighted by molar-refractivity contribution is 4.95. The van der Waals surface area contributed by atoms with E-state index in [1.165, 1.54) is 45.4 Å². The highest BCUT2D eigenvalue weighted by Crippen LogP contribution is 2.26. The van der Waals surface area contributed by atoms with Gasteiger partial charge in [0.25, 0.3) is 0 Å². The number of hydrogen-bond acceptors (Lipinski definition) is 3. The predicted molar refractivity (Wildman–Crippen MR) is 63.9 cm³/mol. The first-order valence-electron chi connectivity index (χ1n) is 6.27. The molecule has 2 heterocycles. The van der Waals surface area contributed by atoms with E-state index in [-0.39, 0.29) is 5.66 Å². The van der Waals surface area contributed by atoms with Gasteiger partial charge in [-0.3, -0.25) is 15.5 Å². The minimum Gasteiger partial charge on any atom is -0.299 e. The lowest BCUT2D eigenvalue weighted by Crippen LogP contribution is -2.66. The Balaban J connectivity index is 1.91. The SMILES string of the molecule is CC(C)(C)N1CCC2(CC1)NCCCN2. The number of rotatable bonds is 0. The van der Waals surface area contributed by atoms with Gasteiger partial charge in [0, 0.05) is 18.6 Å². The second kappa shape index (κ2) is 4.04. The van der Waals surface area contributed by atoms with Crippen molar-refractivity contribution in [2.45, 2.75) is 51.2 Å². The molecule has 2 saturated heterocycles. The Labute approximate surface area is 93.6 Å². The molecule has 0 amide bonds. The van der Waals surface area contributed by atoms with Crippen LogP contribution in [-0.2, 0) is 0 Å². The smallest absolute Gasteiger partial charge is 0.0711 e. The van der Waals surface area contributed by atoms with E-state index in [1.54, 1.807) is 0 Å². The molecule has 2 fully saturated rings. The van der Waals surface area contributed by atoms with Crippen LogP contribution in [0.4, 0.5) is 0 Å². The number of nitrogens with one attached hydrogen (secondary N) is 2. The molecule has 0 saturated carbocycles. The summed E-state index contributed by atoms with van der Waals surface area (Å²) < 4.78 is 0. The van der Waals surface area contributed by atoms with Crippen LogP contribution in [0, 0.1) is 0 Å². The van der Waals surface area contributed by atoms with Crippen molar-refractivity contribution >= 4 is 0 Å². The van der Waals surface area contributed by atoms with E-state index in [1.807, 2.05) is 0 Å². The second-order valence-electron chi connectivity index (χ2n) is 5.95. The number of hydrogen-bond donors (Lipinski definition) is 2. The molecule has 2 N–H and O–H groups in total. The molecular weight excluding hydrogens is 186 g/mol. The van der Waals surface area contributed by atoms with E-state index in [0.29, 0.717) is 5.54 Å². The van der Waals surface area contributed by atoms with Gasteiger partial charge in [-0.2, -0.15) is 0 Å². The molecule has 15 heavy (non-hydrogen) atoms. The monoisotopic (exact) mass is 211 g/mol. The van der Waals surface area contributed by atoms with Crippen molar-refractivity contribution in [3.8, 4) is 0 Å². The summed E-state index contributed by atoms with van der Waals surface area (Å²) in [5.74, 6) is 0. The van der Waals surface area contributed by atoms with Crippen LogP contribution in [-0.4, -0.2) is 42.3 Å². The highest BCUT2D eigenvalue weighted by Gasteiger charge is 2.37. The van der Waals surface area contributed by atoms with Gasteiger partial charge in [0.2, 0.25) is 0 Å². The van der Waals surface area contributed by atoms with Crippen molar-refractivity contribution < 1.29 is 0 Å². The maximum Gasteiger partial charge on any atom is 0.0711 e. The molecule has 0 aromatic carbocycles. The van der Waals surface area contributed by atoms with Crippen molar-refractivity contribution in [1.29, 1.82) is 0 Å². The summed E-state index contributed by atoms with van der Waals surface area (Å²) in [7, 11) is 0. The summed E-state index contributed by atoms with van der Waals surface area (Å²) in [5, 5.41) is 7.34. The zero-order valence-corrected chi connectivity index (χ0v) is 10.4. The molecular formula is C12H25N3. The normalized spacial score (nSPS) is 28.2. The average molecular weight is 211 g/mol. The molecule has 2 rings (SSSR count). The number of likely N-dealkylation sites (tertiary alicyclic amines) is 1. The van der Waals surface area contributed by atoms with Gasteiger partial charge in [0.05, 0.1) is 5.66 Å². The summed E-state index contributed by atoms with van der Waals surface area (Å²) in [6.45, 7) is 11.7. The Morgan fingerprint density at radius 2 is 1.53 bits per heavy atom. The van der Waals surface area contributed by atoms with Crippen molar-refractivity contribution in [2.75, 3.05) is 26.2 Å². The van der Waals surface area contributed by atoms with Gasteiger partial charge >= 0.3 is 0 Å². The summed E-state index contributed by atoms with van der Waals surface area (Å²) in [5.41, 5.74) is 0.594. The second-order valence-corrected chi connectivity index (χ2v) is 5.95. The molecule has 3 nitrogen and oxygen atoms in total. The minimum absolute atomic E-state index is 0.264. The van der Waals surface area contributed by atoms with Crippen LogP contribution in [0.3, 0.4) is 0 Å². The van der Waals surface area contributed by atoms with Gasteiger partial charge in [-0.25, -0.2) is 0 Å². The van der Waals surface area contributed by atoms with Crippen LogP contribution in [0.2, 0.25) is 0 Å². The molecule has 0 aliphatic carbocycles. The topological polar surface area (TPSA) is 27.3 Å². The molecule has 3 heteroatoms. The van der Waals surface area contributed by atoms with Gasteiger partial charge in [-0.15, -0.1) is 0 Å². The summed E-state index contributed by atoms with van der Waals surface area (Å²) in [6.07, 6.45) is 3.75. The zero-order chi connectivity index (χ0) is 10.9. The lowest BCUT2D eigenvalue weighted by molar-refractivity contribution is 0.0419. The largest absolute Gasteiger partial charge is 0.299 e. The molecule has 2 aliphatic rings. The lowest BCUT2D eigenvalue weighted by Gasteiger charge is -2.49. The third-order valence-electron chi connectivity index (χ3n) is 3.85. The van der Waals surface area contributed by atoms with Gasteiger partial charge in [-0.05, 0) is 53.1 Å². The third kappa shape index (κ3) is 2.52. The van der Waals surface area contributed by atoms with E-state index in [9.17, 15) is 0 Å². The molecule has 88 valence electrons. The fraction of sp³-hybridized carbons (Fsp3) is 1.00. The molecule has 1 spiro atoms. The Bertz CT molecular complexity index is 203. The fourth-order valence-electron chi connectivity index (χ4n) is 2.72. The van der Waals surface area contributed by atoms with Crippen LogP contribution in [0.25, 0.3) is 0 Å². The Kier molecular flexibility index (Phi) is 3.06. The first kappa shape index (κ1) is 11.4. The van der Waals surface area contributed by atoms with Crippen molar-refractivity contribution in [2.24, 2.45) is 0 Å². The molecule has 2 aliphatic heterocycles. The van der Waals surface area contributed by atoms with Crippen molar-refractivity contribution in [3.05, 3.63) is 0 Å². The average Bonchev–Trinajstić information content (AvgIpc) is 2.18. The Hall–Kier alpha value is -0.120. The first-order chi connectivity index (χ1) is 7.02. The van der Waals surface area contributed by atoms with Gasteiger partial charge in [-0.1, -0.05) is 0 Å². The highest BCUT2D eigenvalue weighted by atomic mass is 15.3. The zero-order valence-electron chi connectivity index (χ0n) is 10.4. The van der Waals surface area contributed by atoms with Crippen molar-refractivity contribution in [3.63, 3.8) is 0 Å². The standard InChI is InChI=1S/C12H25N3/c1-11(2,3)15-9-5-12(6-10-15)13-7-4-8-14-12/h13-14H,4-10H2,1-3H3. The molecule has 0 aromatic heterocycles. The summed E-state index contributed by atoms with van der Waals surface area (Å²) in [4.78, 5) is 2.59.